The van der Waals surface area contributed by atoms with Crippen LogP contribution in [0.1, 0.15) is 0 Å². The number of benzene rings is 6. The van der Waals surface area contributed by atoms with E-state index in [4.69, 9.17) is 14.4 Å². The Morgan fingerprint density at radius 1 is 0.525 bits per heavy atom. The van der Waals surface area contributed by atoms with E-state index < -0.39 is 0 Å². The Hall–Kier alpha value is -5.48. The number of nitrogens with zero attached hydrogens (tertiary/aromatic N) is 3. The van der Waals surface area contributed by atoms with Crippen LogP contribution >= 0.6 is 0 Å². The second-order valence-electron chi connectivity index (χ2n) is 10.6. The van der Waals surface area contributed by atoms with Crippen LogP contribution in [-0.4, -0.2) is 14.4 Å². The first kappa shape index (κ1) is 20.5. The molecular formula is C36H19N3O. The van der Waals surface area contributed by atoms with Crippen molar-refractivity contribution in [2.75, 3.05) is 0 Å². The van der Waals surface area contributed by atoms with Gasteiger partial charge in [-0.05, 0) is 58.3 Å². The van der Waals surface area contributed by atoms with Crippen LogP contribution in [-0.2, 0) is 0 Å². The predicted octanol–water partition coefficient (Wildman–Crippen LogP) is 9.50. The van der Waals surface area contributed by atoms with Gasteiger partial charge in [-0.25, -0.2) is 9.97 Å². The summed E-state index contributed by atoms with van der Waals surface area (Å²) in [6.45, 7) is 0. The number of furan rings is 1. The summed E-state index contributed by atoms with van der Waals surface area (Å²) in [6, 6.07) is 40.6. The third-order valence-corrected chi connectivity index (χ3v) is 8.49. The minimum atomic E-state index is 0.858. The summed E-state index contributed by atoms with van der Waals surface area (Å²) in [5.41, 5.74) is 9.89. The molecule has 0 aliphatic heterocycles. The summed E-state index contributed by atoms with van der Waals surface area (Å²) in [6.07, 6.45) is 0. The van der Waals surface area contributed by atoms with Crippen LogP contribution in [0.15, 0.2) is 120 Å². The molecule has 10 rings (SSSR count). The zero-order chi connectivity index (χ0) is 25.9. The van der Waals surface area contributed by atoms with Gasteiger partial charge in [-0.3, -0.25) is 4.40 Å². The number of fused-ring (bicyclic) bond motifs is 12. The van der Waals surface area contributed by atoms with E-state index in [1.54, 1.807) is 0 Å². The molecule has 0 unspecified atom stereocenters. The first-order chi connectivity index (χ1) is 19.8. The van der Waals surface area contributed by atoms with Crippen molar-refractivity contribution in [2.45, 2.75) is 0 Å². The molecule has 0 spiro atoms. The van der Waals surface area contributed by atoms with Crippen LogP contribution < -0.4 is 0 Å². The van der Waals surface area contributed by atoms with Gasteiger partial charge in [0.15, 0.2) is 11.2 Å². The van der Waals surface area contributed by atoms with Crippen molar-refractivity contribution >= 4 is 82.1 Å². The Balaban J connectivity index is 1.47. The molecular weight excluding hydrogens is 490 g/mol. The molecule has 4 aromatic heterocycles. The highest BCUT2D eigenvalue weighted by Crippen LogP contribution is 2.45. The molecule has 40 heavy (non-hydrogen) atoms. The summed E-state index contributed by atoms with van der Waals surface area (Å²) in [5, 5.41) is 8.15. The lowest BCUT2D eigenvalue weighted by atomic mass is 9.95. The molecule has 0 saturated carbocycles. The molecule has 0 atom stereocenters. The number of para-hydroxylation sites is 3. The largest absolute Gasteiger partial charge is 0.454 e. The van der Waals surface area contributed by atoms with E-state index in [1.807, 2.05) is 36.4 Å². The molecule has 184 valence electrons. The van der Waals surface area contributed by atoms with Gasteiger partial charge in [0.25, 0.3) is 0 Å². The van der Waals surface area contributed by atoms with Gasteiger partial charge < -0.3 is 4.42 Å². The summed E-state index contributed by atoms with van der Waals surface area (Å²) in [4.78, 5) is 10.4. The minimum absolute atomic E-state index is 0.858. The molecule has 6 aromatic carbocycles. The summed E-state index contributed by atoms with van der Waals surface area (Å²) < 4.78 is 8.85. The smallest absolute Gasteiger partial charge is 0.165 e. The van der Waals surface area contributed by atoms with Crippen molar-refractivity contribution in [3.05, 3.63) is 115 Å². The van der Waals surface area contributed by atoms with E-state index in [2.05, 4.69) is 83.3 Å². The average molecular weight is 510 g/mol. The molecule has 0 amide bonds. The molecule has 4 heterocycles. The van der Waals surface area contributed by atoms with E-state index >= 15 is 0 Å². The average Bonchev–Trinajstić information content (AvgIpc) is 3.65. The fourth-order valence-electron chi connectivity index (χ4n) is 6.76. The molecule has 0 fully saturated rings. The van der Waals surface area contributed by atoms with Crippen molar-refractivity contribution in [2.24, 2.45) is 0 Å². The monoisotopic (exact) mass is 509 g/mol. The number of rotatable bonds is 1. The molecule has 4 nitrogen and oxygen atoms in total. The van der Waals surface area contributed by atoms with E-state index in [-0.39, 0.29) is 0 Å². The van der Waals surface area contributed by atoms with Crippen LogP contribution in [0.4, 0.5) is 0 Å². The van der Waals surface area contributed by atoms with Crippen molar-refractivity contribution in [3.63, 3.8) is 0 Å². The first-order valence-corrected chi connectivity index (χ1v) is 13.5. The van der Waals surface area contributed by atoms with Crippen LogP contribution in [0.3, 0.4) is 0 Å². The van der Waals surface area contributed by atoms with E-state index in [0.717, 1.165) is 65.9 Å². The van der Waals surface area contributed by atoms with Crippen molar-refractivity contribution in [1.29, 1.82) is 0 Å². The van der Waals surface area contributed by atoms with Gasteiger partial charge in [-0.1, -0.05) is 78.9 Å². The maximum absolute atomic E-state index is 6.57. The number of hydrogen-bond donors (Lipinski definition) is 0. The van der Waals surface area contributed by atoms with Crippen LogP contribution in [0.5, 0.6) is 0 Å². The lowest BCUT2D eigenvalue weighted by Gasteiger charge is -2.08. The van der Waals surface area contributed by atoms with Crippen molar-refractivity contribution < 1.29 is 4.42 Å². The highest BCUT2D eigenvalue weighted by atomic mass is 16.3. The quantitative estimate of drug-likeness (QED) is 0.221. The second-order valence-corrected chi connectivity index (χ2v) is 10.6. The van der Waals surface area contributed by atoms with Gasteiger partial charge in [0, 0.05) is 26.9 Å². The lowest BCUT2D eigenvalue weighted by Crippen LogP contribution is -1.89. The number of hydrogen-bond acceptors (Lipinski definition) is 3. The molecule has 4 heteroatoms. The molecule has 0 aliphatic carbocycles. The first-order valence-electron chi connectivity index (χ1n) is 13.5. The molecule has 0 radical (unpaired) electrons. The highest BCUT2D eigenvalue weighted by molar-refractivity contribution is 6.28. The SMILES string of the molecule is c1ccc2c(-c3cc4c5ccc6c7ccccc7oc6c5n5c6nc7ccccc7nc6c(c3)c45)cccc2c1. The van der Waals surface area contributed by atoms with E-state index in [9.17, 15) is 0 Å². The molecule has 0 aliphatic rings. The Morgan fingerprint density at radius 3 is 2.17 bits per heavy atom. The summed E-state index contributed by atoms with van der Waals surface area (Å²) in [7, 11) is 0. The van der Waals surface area contributed by atoms with E-state index in [1.165, 1.54) is 27.3 Å². The van der Waals surface area contributed by atoms with Crippen molar-refractivity contribution in [1.82, 2.24) is 14.4 Å². The van der Waals surface area contributed by atoms with Gasteiger partial charge in [-0.2, -0.15) is 0 Å². The fraction of sp³-hybridized carbons (Fsp3) is 0. The Bertz CT molecular complexity index is 2650. The highest BCUT2D eigenvalue weighted by Gasteiger charge is 2.24. The minimum Gasteiger partial charge on any atom is -0.454 e. The van der Waals surface area contributed by atoms with Gasteiger partial charge in [0.05, 0.1) is 22.1 Å². The molecule has 0 saturated heterocycles. The topological polar surface area (TPSA) is 43.3 Å². The second kappa shape index (κ2) is 7.13. The molecule has 0 bridgehead atoms. The van der Waals surface area contributed by atoms with Crippen LogP contribution in [0, 0.1) is 0 Å². The maximum Gasteiger partial charge on any atom is 0.165 e. The van der Waals surface area contributed by atoms with E-state index in [0.29, 0.717) is 0 Å². The third-order valence-electron chi connectivity index (χ3n) is 8.49. The Labute approximate surface area is 227 Å². The van der Waals surface area contributed by atoms with Crippen molar-refractivity contribution in [3.8, 4) is 11.1 Å². The van der Waals surface area contributed by atoms with Gasteiger partial charge >= 0.3 is 0 Å². The van der Waals surface area contributed by atoms with Crippen LogP contribution in [0.25, 0.3) is 93.2 Å². The zero-order valence-electron chi connectivity index (χ0n) is 21.2. The predicted molar refractivity (Wildman–Crippen MR) is 164 cm³/mol. The summed E-state index contributed by atoms with van der Waals surface area (Å²) >= 11 is 0. The van der Waals surface area contributed by atoms with Gasteiger partial charge in [-0.15, -0.1) is 0 Å². The zero-order valence-corrected chi connectivity index (χ0v) is 21.2. The molecule has 0 N–H and O–H groups in total. The van der Waals surface area contributed by atoms with Gasteiger partial charge in [0.1, 0.15) is 11.1 Å². The third kappa shape index (κ3) is 2.46. The fourth-order valence-corrected chi connectivity index (χ4v) is 6.76. The normalized spacial score (nSPS) is 12.5. The lowest BCUT2D eigenvalue weighted by molar-refractivity contribution is 0.671. The maximum atomic E-state index is 6.57. The summed E-state index contributed by atoms with van der Waals surface area (Å²) in [5.74, 6) is 0. The Kier molecular flexibility index (Phi) is 3.65. The number of aromatic nitrogens is 3. The van der Waals surface area contributed by atoms with Gasteiger partial charge in [0.2, 0.25) is 0 Å². The standard InChI is InChI=1S/C36H19N3O/c1-2-10-22-20(8-1)9-7-12-23(22)21-18-27-25-16-17-26-24-11-3-6-15-31(24)40-35(26)34(25)39-33(27)28(19-21)32-36(39)38-30-14-5-4-13-29(30)37-32/h1-19H. The van der Waals surface area contributed by atoms with Crippen LogP contribution in [0.2, 0.25) is 0 Å². The Morgan fingerprint density at radius 2 is 1.25 bits per heavy atom. The molecule has 10 aromatic rings.